The number of hydrogen-bond donors (Lipinski definition) is 1. The van der Waals surface area contributed by atoms with Crippen LogP contribution in [0.4, 0.5) is 5.95 Å². The number of nitrogens with one attached hydrogen (secondary N) is 1. The summed E-state index contributed by atoms with van der Waals surface area (Å²) in [6, 6.07) is -0.113. The maximum atomic E-state index is 12.4. The van der Waals surface area contributed by atoms with E-state index in [2.05, 4.69) is 15.3 Å². The van der Waals surface area contributed by atoms with Crippen molar-refractivity contribution in [3.8, 4) is 0 Å². The van der Waals surface area contributed by atoms with Gasteiger partial charge in [-0.15, -0.1) is 0 Å². The van der Waals surface area contributed by atoms with Crippen LogP contribution in [0.2, 0.25) is 0 Å². The molecule has 0 aromatic carbocycles. The molecule has 8 heteroatoms. The number of aromatic nitrogens is 2. The summed E-state index contributed by atoms with van der Waals surface area (Å²) in [5.41, 5.74) is 0. The first kappa shape index (κ1) is 14.2. The Morgan fingerprint density at radius 1 is 1.47 bits per heavy atom. The first-order chi connectivity index (χ1) is 9.05. The minimum absolute atomic E-state index is 0.101. The molecule has 1 unspecified atom stereocenters. The SMILES string of the molecule is CCNc1ncc(S(=O)(=O)N(C)C2CCOC2)cn1. The highest BCUT2D eigenvalue weighted by atomic mass is 32.2. The fourth-order valence-electron chi connectivity index (χ4n) is 1.87. The van der Waals surface area contributed by atoms with Crippen LogP contribution in [-0.4, -0.2) is 55.5 Å². The third kappa shape index (κ3) is 3.02. The Balaban J connectivity index is 2.18. The summed E-state index contributed by atoms with van der Waals surface area (Å²) >= 11 is 0. The van der Waals surface area contributed by atoms with Gasteiger partial charge in [-0.25, -0.2) is 18.4 Å². The number of nitrogens with zero attached hydrogens (tertiary/aromatic N) is 3. The van der Waals surface area contributed by atoms with E-state index in [1.54, 1.807) is 7.05 Å². The van der Waals surface area contributed by atoms with E-state index in [4.69, 9.17) is 4.74 Å². The highest BCUT2D eigenvalue weighted by Gasteiger charge is 2.31. The lowest BCUT2D eigenvalue weighted by molar-refractivity contribution is 0.181. The Labute approximate surface area is 113 Å². The van der Waals surface area contributed by atoms with E-state index in [0.717, 1.165) is 0 Å². The monoisotopic (exact) mass is 286 g/mol. The van der Waals surface area contributed by atoms with E-state index in [9.17, 15) is 8.42 Å². The summed E-state index contributed by atoms with van der Waals surface area (Å²) in [5, 5.41) is 2.92. The molecule has 106 valence electrons. The average molecular weight is 286 g/mol. The molecule has 1 aliphatic heterocycles. The second kappa shape index (κ2) is 5.81. The summed E-state index contributed by atoms with van der Waals surface area (Å²) < 4.78 is 31.3. The van der Waals surface area contributed by atoms with E-state index in [1.165, 1.54) is 16.7 Å². The maximum absolute atomic E-state index is 12.4. The van der Waals surface area contributed by atoms with Crippen LogP contribution >= 0.6 is 0 Å². The lowest BCUT2D eigenvalue weighted by Crippen LogP contribution is -2.37. The molecule has 2 rings (SSSR count). The Bertz CT molecular complexity index is 511. The molecule has 1 aromatic heterocycles. The Kier molecular flexibility index (Phi) is 4.33. The first-order valence-electron chi connectivity index (χ1n) is 6.17. The Morgan fingerprint density at radius 3 is 2.68 bits per heavy atom. The van der Waals surface area contributed by atoms with Gasteiger partial charge in [0.05, 0.1) is 25.0 Å². The van der Waals surface area contributed by atoms with Crippen LogP contribution in [-0.2, 0) is 14.8 Å². The van der Waals surface area contributed by atoms with Crippen molar-refractivity contribution in [2.24, 2.45) is 0 Å². The van der Waals surface area contributed by atoms with Gasteiger partial charge in [-0.2, -0.15) is 4.31 Å². The second-order valence-electron chi connectivity index (χ2n) is 4.31. The van der Waals surface area contributed by atoms with Gasteiger partial charge in [0.1, 0.15) is 4.90 Å². The van der Waals surface area contributed by atoms with Gasteiger partial charge in [0, 0.05) is 20.2 Å². The minimum Gasteiger partial charge on any atom is -0.380 e. The molecule has 1 N–H and O–H groups in total. The number of likely N-dealkylation sites (N-methyl/N-ethyl adjacent to an activating group) is 1. The highest BCUT2D eigenvalue weighted by Crippen LogP contribution is 2.20. The predicted molar refractivity (Wildman–Crippen MR) is 70.4 cm³/mol. The molecule has 0 saturated carbocycles. The number of anilines is 1. The lowest BCUT2D eigenvalue weighted by Gasteiger charge is -2.22. The summed E-state index contributed by atoms with van der Waals surface area (Å²) in [5.74, 6) is 0.424. The van der Waals surface area contributed by atoms with Gasteiger partial charge in [0.2, 0.25) is 16.0 Å². The molecule has 0 spiro atoms. The van der Waals surface area contributed by atoms with Crippen molar-refractivity contribution in [2.45, 2.75) is 24.3 Å². The van der Waals surface area contributed by atoms with E-state index in [1.807, 2.05) is 6.92 Å². The molecule has 1 aliphatic rings. The van der Waals surface area contributed by atoms with Gasteiger partial charge in [0.25, 0.3) is 0 Å². The third-order valence-electron chi connectivity index (χ3n) is 3.06. The van der Waals surface area contributed by atoms with E-state index < -0.39 is 10.0 Å². The normalized spacial score (nSPS) is 19.8. The molecule has 1 aromatic rings. The van der Waals surface area contributed by atoms with Crippen LogP contribution in [0, 0.1) is 0 Å². The maximum Gasteiger partial charge on any atom is 0.246 e. The van der Waals surface area contributed by atoms with E-state index in [-0.39, 0.29) is 10.9 Å². The van der Waals surface area contributed by atoms with Gasteiger partial charge < -0.3 is 10.1 Å². The second-order valence-corrected chi connectivity index (χ2v) is 6.31. The topological polar surface area (TPSA) is 84.4 Å². The molecule has 0 amide bonds. The van der Waals surface area contributed by atoms with Crippen molar-refractivity contribution in [2.75, 3.05) is 32.1 Å². The van der Waals surface area contributed by atoms with Crippen molar-refractivity contribution < 1.29 is 13.2 Å². The lowest BCUT2D eigenvalue weighted by atomic mass is 10.3. The fourth-order valence-corrected chi connectivity index (χ4v) is 3.13. The number of sulfonamides is 1. The zero-order chi connectivity index (χ0) is 13.9. The van der Waals surface area contributed by atoms with Crippen molar-refractivity contribution in [3.63, 3.8) is 0 Å². The third-order valence-corrected chi connectivity index (χ3v) is 4.92. The van der Waals surface area contributed by atoms with Crippen LogP contribution in [0.5, 0.6) is 0 Å². The molecule has 19 heavy (non-hydrogen) atoms. The Hall–Kier alpha value is -1.25. The van der Waals surface area contributed by atoms with E-state index >= 15 is 0 Å². The van der Waals surface area contributed by atoms with Gasteiger partial charge in [-0.05, 0) is 13.3 Å². The van der Waals surface area contributed by atoms with Crippen LogP contribution in [0.15, 0.2) is 17.3 Å². The molecule has 0 radical (unpaired) electrons. The van der Waals surface area contributed by atoms with E-state index in [0.29, 0.717) is 32.1 Å². The molecule has 0 aliphatic carbocycles. The fraction of sp³-hybridized carbons (Fsp3) is 0.636. The van der Waals surface area contributed by atoms with Crippen LogP contribution < -0.4 is 5.32 Å². The van der Waals surface area contributed by atoms with Crippen molar-refractivity contribution in [1.82, 2.24) is 14.3 Å². The zero-order valence-electron chi connectivity index (χ0n) is 11.0. The summed E-state index contributed by atoms with van der Waals surface area (Å²) in [6.45, 7) is 3.64. The van der Waals surface area contributed by atoms with Crippen LogP contribution in [0.3, 0.4) is 0 Å². The van der Waals surface area contributed by atoms with Crippen molar-refractivity contribution >= 4 is 16.0 Å². The van der Waals surface area contributed by atoms with Crippen LogP contribution in [0.1, 0.15) is 13.3 Å². The summed E-state index contributed by atoms with van der Waals surface area (Å²) in [6.07, 6.45) is 3.37. The molecular weight excluding hydrogens is 268 g/mol. The van der Waals surface area contributed by atoms with Crippen molar-refractivity contribution in [1.29, 1.82) is 0 Å². The molecule has 1 atom stereocenters. The summed E-state index contributed by atoms with van der Waals surface area (Å²) in [7, 11) is -1.99. The quantitative estimate of drug-likeness (QED) is 0.839. The first-order valence-corrected chi connectivity index (χ1v) is 7.61. The van der Waals surface area contributed by atoms with Gasteiger partial charge in [0.15, 0.2) is 0 Å². The zero-order valence-corrected chi connectivity index (χ0v) is 11.9. The molecule has 1 fully saturated rings. The molecular formula is C11H18N4O3S. The molecule has 7 nitrogen and oxygen atoms in total. The minimum atomic E-state index is -3.55. The number of ether oxygens (including phenoxy) is 1. The van der Waals surface area contributed by atoms with Gasteiger partial charge in [-0.3, -0.25) is 0 Å². The molecule has 0 bridgehead atoms. The standard InChI is InChI=1S/C11H18N4O3S/c1-3-12-11-13-6-10(7-14-11)19(16,17)15(2)9-4-5-18-8-9/h6-7,9H,3-5,8H2,1-2H3,(H,12,13,14). The predicted octanol–water partition coefficient (Wildman–Crippen LogP) is 0.318. The number of rotatable bonds is 5. The van der Waals surface area contributed by atoms with Crippen molar-refractivity contribution in [3.05, 3.63) is 12.4 Å². The largest absolute Gasteiger partial charge is 0.380 e. The molecule has 2 heterocycles. The smallest absolute Gasteiger partial charge is 0.246 e. The molecule has 1 saturated heterocycles. The van der Waals surface area contributed by atoms with Crippen LogP contribution in [0.25, 0.3) is 0 Å². The van der Waals surface area contributed by atoms with Gasteiger partial charge >= 0.3 is 0 Å². The number of hydrogen-bond acceptors (Lipinski definition) is 6. The average Bonchev–Trinajstić information content (AvgIpc) is 2.92. The summed E-state index contributed by atoms with van der Waals surface area (Å²) in [4.78, 5) is 8.07. The Morgan fingerprint density at radius 2 is 2.16 bits per heavy atom. The highest BCUT2D eigenvalue weighted by molar-refractivity contribution is 7.89. The van der Waals surface area contributed by atoms with Gasteiger partial charge in [-0.1, -0.05) is 0 Å².